The lowest BCUT2D eigenvalue weighted by molar-refractivity contribution is -0.137. The lowest BCUT2D eigenvalue weighted by atomic mass is 10.0. The van der Waals surface area contributed by atoms with E-state index >= 15 is 0 Å². The first-order chi connectivity index (χ1) is 24.1. The van der Waals surface area contributed by atoms with E-state index in [1.165, 1.54) is 0 Å². The number of benzene rings is 4. The molecule has 11 heteroatoms. The smallest absolute Gasteiger partial charge is 0.319 e. The number of nitrogens with one attached hydrogen (secondary N) is 3. The molecule has 3 N–H and O–H groups in total. The van der Waals surface area contributed by atoms with Gasteiger partial charge in [-0.25, -0.2) is 4.79 Å². The fourth-order valence-electron chi connectivity index (χ4n) is 6.67. The Kier molecular flexibility index (Phi) is 10.5. The predicted octanol–water partition coefficient (Wildman–Crippen LogP) is 4.67. The summed E-state index contributed by atoms with van der Waals surface area (Å²) in [4.78, 5) is 59.4. The van der Waals surface area contributed by atoms with Crippen LogP contribution in [0.2, 0.25) is 0 Å². The van der Waals surface area contributed by atoms with Gasteiger partial charge in [-0.15, -0.1) is 0 Å². The third-order valence-electron chi connectivity index (χ3n) is 9.32. The number of anilines is 2. The highest BCUT2D eigenvalue weighted by Crippen LogP contribution is 2.25. The Hall–Kier alpha value is -5.58. The molecule has 0 radical (unpaired) electrons. The SMILES string of the molecule is CN1CCC[C@H](NC(=O)Cc2ccc3ccccc3c2)C(=O)N2CC(NC(=O)Nc3cccc(N(C)C)c3)C[C@H]2COc2cccc(c2)C1=O. The summed E-state index contributed by atoms with van der Waals surface area (Å²) in [5.41, 5.74) is 2.96. The second-order valence-electron chi connectivity index (χ2n) is 13.3. The van der Waals surface area contributed by atoms with Crippen molar-refractivity contribution in [2.45, 2.75) is 43.8 Å². The summed E-state index contributed by atoms with van der Waals surface area (Å²) < 4.78 is 6.17. The molecule has 0 spiro atoms. The van der Waals surface area contributed by atoms with E-state index in [2.05, 4.69) is 16.0 Å². The average Bonchev–Trinajstić information content (AvgIpc) is 3.51. The van der Waals surface area contributed by atoms with E-state index < -0.39 is 6.04 Å². The van der Waals surface area contributed by atoms with Crippen LogP contribution in [0, 0.1) is 0 Å². The number of nitrogens with zero attached hydrogens (tertiary/aromatic N) is 3. The van der Waals surface area contributed by atoms with E-state index in [9.17, 15) is 19.2 Å². The number of carbonyl (C=O) groups is 4. The Balaban J connectivity index is 1.20. The number of fused-ring (bicyclic) bond motifs is 4. The van der Waals surface area contributed by atoms with Crippen LogP contribution in [-0.4, -0.2) is 92.5 Å². The van der Waals surface area contributed by atoms with Gasteiger partial charge >= 0.3 is 6.03 Å². The maximum atomic E-state index is 14.3. The minimum Gasteiger partial charge on any atom is -0.491 e. The Labute approximate surface area is 292 Å². The molecule has 2 bridgehead atoms. The van der Waals surface area contributed by atoms with Crippen LogP contribution < -0.4 is 25.6 Å². The minimum atomic E-state index is -0.823. The van der Waals surface area contributed by atoms with Crippen molar-refractivity contribution in [3.8, 4) is 5.75 Å². The summed E-state index contributed by atoms with van der Waals surface area (Å²) in [6.07, 6.45) is 1.41. The molecular formula is C39H44N6O5. The highest BCUT2D eigenvalue weighted by Gasteiger charge is 2.39. The number of hydrogen-bond acceptors (Lipinski definition) is 6. The van der Waals surface area contributed by atoms with Crippen LogP contribution in [0.1, 0.15) is 35.2 Å². The van der Waals surface area contributed by atoms with Crippen LogP contribution in [0.3, 0.4) is 0 Å². The Bertz CT molecular complexity index is 1880. The van der Waals surface area contributed by atoms with Gasteiger partial charge < -0.3 is 35.4 Å². The normalized spacial score (nSPS) is 19.6. The number of ether oxygens (including phenoxy) is 1. The Morgan fingerprint density at radius 3 is 2.52 bits per heavy atom. The predicted molar refractivity (Wildman–Crippen MR) is 195 cm³/mol. The summed E-state index contributed by atoms with van der Waals surface area (Å²) in [6.45, 7) is 0.812. The largest absolute Gasteiger partial charge is 0.491 e. The molecule has 2 aliphatic rings. The molecule has 11 nitrogen and oxygen atoms in total. The van der Waals surface area contributed by atoms with Crippen LogP contribution >= 0.6 is 0 Å². The summed E-state index contributed by atoms with van der Waals surface area (Å²) in [7, 11) is 5.59. The number of carbonyl (C=O) groups excluding carboxylic acids is 4. The first kappa shape index (κ1) is 34.3. The molecule has 260 valence electrons. The highest BCUT2D eigenvalue weighted by molar-refractivity contribution is 5.94. The molecule has 2 aliphatic heterocycles. The van der Waals surface area contributed by atoms with Crippen LogP contribution in [0.15, 0.2) is 91.0 Å². The van der Waals surface area contributed by atoms with Gasteiger partial charge in [-0.2, -0.15) is 0 Å². The standard InChI is InChI=1S/C39H44N6O5/c1-43(2)32-13-7-12-30(22-32)40-39(49)41-31-23-33-25-50-34-14-6-11-29(21-34)37(47)44(3)18-8-15-35(38(48)45(33)24-31)42-36(46)20-26-16-17-27-9-4-5-10-28(27)19-26/h4-7,9-14,16-17,19,21-22,31,33,35H,8,15,18,20,23-25H2,1-3H3,(H,42,46)(H2,40,41,49)/t31?,33-,35-/m0/s1. The third-order valence-corrected chi connectivity index (χ3v) is 9.32. The van der Waals surface area contributed by atoms with Crippen molar-refractivity contribution in [2.75, 3.05) is 51.1 Å². The molecular weight excluding hydrogens is 632 g/mol. The minimum absolute atomic E-state index is 0.119. The molecule has 4 aromatic carbocycles. The first-order valence-corrected chi connectivity index (χ1v) is 17.0. The van der Waals surface area contributed by atoms with E-state index in [0.29, 0.717) is 42.8 Å². The zero-order valence-electron chi connectivity index (χ0n) is 28.7. The maximum Gasteiger partial charge on any atom is 0.319 e. The van der Waals surface area contributed by atoms with Crippen molar-refractivity contribution in [3.05, 3.63) is 102 Å². The molecule has 3 atom stereocenters. The average molecular weight is 677 g/mol. The van der Waals surface area contributed by atoms with Crippen molar-refractivity contribution < 1.29 is 23.9 Å². The van der Waals surface area contributed by atoms with Crippen LogP contribution in [0.5, 0.6) is 5.75 Å². The molecule has 2 heterocycles. The van der Waals surface area contributed by atoms with Gasteiger partial charge in [0.15, 0.2) is 0 Å². The summed E-state index contributed by atoms with van der Waals surface area (Å²) in [5, 5.41) is 11.1. The van der Waals surface area contributed by atoms with Gasteiger partial charge in [-0.1, -0.05) is 54.6 Å². The second-order valence-corrected chi connectivity index (χ2v) is 13.3. The van der Waals surface area contributed by atoms with Crippen LogP contribution in [-0.2, 0) is 16.0 Å². The monoisotopic (exact) mass is 676 g/mol. The van der Waals surface area contributed by atoms with Crippen molar-refractivity contribution in [1.29, 1.82) is 0 Å². The van der Waals surface area contributed by atoms with E-state index in [1.54, 1.807) is 41.1 Å². The van der Waals surface area contributed by atoms with E-state index in [4.69, 9.17) is 4.74 Å². The first-order valence-electron chi connectivity index (χ1n) is 17.0. The third kappa shape index (κ3) is 8.34. The molecule has 0 saturated carbocycles. The van der Waals surface area contributed by atoms with Gasteiger partial charge in [0.25, 0.3) is 5.91 Å². The summed E-state index contributed by atoms with van der Waals surface area (Å²) in [5.74, 6) is -0.137. The molecule has 5 amide bonds. The molecule has 50 heavy (non-hydrogen) atoms. The van der Waals surface area contributed by atoms with E-state index in [1.807, 2.05) is 85.7 Å². The zero-order chi connectivity index (χ0) is 35.2. The van der Waals surface area contributed by atoms with Crippen molar-refractivity contribution >= 4 is 45.9 Å². The van der Waals surface area contributed by atoms with E-state index in [0.717, 1.165) is 22.0 Å². The van der Waals surface area contributed by atoms with Crippen molar-refractivity contribution in [1.82, 2.24) is 20.4 Å². The molecule has 6 rings (SSSR count). The van der Waals surface area contributed by atoms with Gasteiger partial charge in [0.2, 0.25) is 11.8 Å². The van der Waals surface area contributed by atoms with Crippen LogP contribution in [0.4, 0.5) is 16.2 Å². The van der Waals surface area contributed by atoms with E-state index in [-0.39, 0.29) is 55.4 Å². The maximum absolute atomic E-state index is 14.3. The van der Waals surface area contributed by atoms with Gasteiger partial charge in [-0.3, -0.25) is 14.4 Å². The van der Waals surface area contributed by atoms with Crippen LogP contribution in [0.25, 0.3) is 10.8 Å². The lowest BCUT2D eigenvalue weighted by Gasteiger charge is -2.30. The number of hydrogen-bond donors (Lipinski definition) is 3. The Morgan fingerprint density at radius 2 is 1.70 bits per heavy atom. The van der Waals surface area contributed by atoms with Crippen molar-refractivity contribution in [3.63, 3.8) is 0 Å². The van der Waals surface area contributed by atoms with Crippen molar-refractivity contribution in [2.24, 2.45) is 0 Å². The Morgan fingerprint density at radius 1 is 0.900 bits per heavy atom. The van der Waals surface area contributed by atoms with Gasteiger partial charge in [0, 0.05) is 51.2 Å². The zero-order valence-corrected chi connectivity index (χ0v) is 28.7. The molecule has 0 aromatic heterocycles. The lowest BCUT2D eigenvalue weighted by Crippen LogP contribution is -2.52. The fraction of sp³-hybridized carbons (Fsp3) is 0.333. The molecule has 1 saturated heterocycles. The summed E-state index contributed by atoms with van der Waals surface area (Å²) >= 11 is 0. The molecule has 0 aliphatic carbocycles. The van der Waals surface area contributed by atoms with Gasteiger partial charge in [0.05, 0.1) is 18.5 Å². The quantitative estimate of drug-likeness (QED) is 0.273. The number of amides is 5. The topological polar surface area (TPSA) is 123 Å². The second kappa shape index (κ2) is 15.3. The highest BCUT2D eigenvalue weighted by atomic mass is 16.5. The van der Waals surface area contributed by atoms with Gasteiger partial charge in [0.1, 0.15) is 18.4 Å². The summed E-state index contributed by atoms with van der Waals surface area (Å²) in [6, 6.07) is 26.5. The molecule has 1 unspecified atom stereocenters. The number of rotatable bonds is 6. The molecule has 4 aromatic rings. The van der Waals surface area contributed by atoms with Gasteiger partial charge in [-0.05, 0) is 72.0 Å². The molecule has 1 fully saturated rings. The number of urea groups is 1. The fourth-order valence-corrected chi connectivity index (χ4v) is 6.67.